The maximum absolute atomic E-state index is 11.4. The summed E-state index contributed by atoms with van der Waals surface area (Å²) in [6.07, 6.45) is 6.85. The van der Waals surface area contributed by atoms with Crippen molar-refractivity contribution in [3.8, 4) is 5.75 Å². The van der Waals surface area contributed by atoms with Gasteiger partial charge in [-0.3, -0.25) is 10.1 Å². The maximum atomic E-state index is 11.4. The topological polar surface area (TPSA) is 69.6 Å². The van der Waals surface area contributed by atoms with Gasteiger partial charge in [-0.05, 0) is 30.5 Å². The summed E-state index contributed by atoms with van der Waals surface area (Å²) in [5.41, 5.74) is 0.608. The van der Waals surface area contributed by atoms with Crippen LogP contribution in [0.3, 0.4) is 0 Å². The van der Waals surface area contributed by atoms with Gasteiger partial charge in [0.2, 0.25) is 0 Å². The first-order chi connectivity index (χ1) is 9.16. The van der Waals surface area contributed by atoms with Crippen molar-refractivity contribution >= 4 is 5.97 Å². The number of carboxylic acid groups (broad SMARTS) is 1. The molecule has 0 amide bonds. The average Bonchev–Trinajstić information content (AvgIpc) is 2.64. The molecule has 0 bridgehead atoms. The summed E-state index contributed by atoms with van der Waals surface area (Å²) in [5, 5.41) is 22.1. The summed E-state index contributed by atoms with van der Waals surface area (Å²) < 4.78 is 0. The smallest absolute Gasteiger partial charge is 0.325 e. The highest BCUT2D eigenvalue weighted by atomic mass is 16.4. The molecule has 1 aromatic rings. The number of aliphatic carboxylic acids is 1. The molecule has 19 heavy (non-hydrogen) atoms. The molecule has 104 valence electrons. The van der Waals surface area contributed by atoms with Crippen LogP contribution in [0.4, 0.5) is 0 Å². The van der Waals surface area contributed by atoms with E-state index in [9.17, 15) is 15.0 Å². The minimum absolute atomic E-state index is 0.103. The molecule has 1 aromatic carbocycles. The molecule has 2 rings (SSSR count). The lowest BCUT2D eigenvalue weighted by atomic mass is 10.0. The standard InChI is InChI=1S/C15H21NO3/c17-13-9-5-6-11(10-13)14(15(18)19)16-12-7-3-1-2-4-8-12/h5-6,9-10,12,14,16-17H,1-4,7-8H2,(H,18,19). The molecule has 1 aliphatic rings. The molecule has 0 saturated heterocycles. The van der Waals surface area contributed by atoms with Gasteiger partial charge < -0.3 is 10.2 Å². The van der Waals surface area contributed by atoms with Gasteiger partial charge in [0.1, 0.15) is 11.8 Å². The Kier molecular flexibility index (Phi) is 4.80. The average molecular weight is 263 g/mol. The Balaban J connectivity index is 2.09. The van der Waals surface area contributed by atoms with Crippen molar-refractivity contribution in [3.63, 3.8) is 0 Å². The van der Waals surface area contributed by atoms with E-state index in [0.29, 0.717) is 5.56 Å². The molecule has 3 N–H and O–H groups in total. The highest BCUT2D eigenvalue weighted by molar-refractivity contribution is 5.75. The predicted molar refractivity (Wildman–Crippen MR) is 73.1 cm³/mol. The van der Waals surface area contributed by atoms with E-state index in [0.717, 1.165) is 25.7 Å². The number of phenolic OH excluding ortho intramolecular Hbond substituents is 1. The van der Waals surface area contributed by atoms with Crippen LogP contribution < -0.4 is 5.32 Å². The first-order valence-corrected chi connectivity index (χ1v) is 6.94. The van der Waals surface area contributed by atoms with Gasteiger partial charge in [-0.2, -0.15) is 0 Å². The summed E-state index contributed by atoms with van der Waals surface area (Å²) in [6.45, 7) is 0. The highest BCUT2D eigenvalue weighted by Crippen LogP contribution is 2.23. The summed E-state index contributed by atoms with van der Waals surface area (Å²) in [7, 11) is 0. The van der Waals surface area contributed by atoms with Gasteiger partial charge in [-0.15, -0.1) is 0 Å². The zero-order chi connectivity index (χ0) is 13.7. The number of hydrogen-bond acceptors (Lipinski definition) is 3. The first kappa shape index (κ1) is 13.9. The zero-order valence-electron chi connectivity index (χ0n) is 11.0. The van der Waals surface area contributed by atoms with Gasteiger partial charge in [0, 0.05) is 6.04 Å². The minimum Gasteiger partial charge on any atom is -0.508 e. The summed E-state index contributed by atoms with van der Waals surface area (Å²) in [6, 6.07) is 6.00. The second kappa shape index (κ2) is 6.57. The second-order valence-electron chi connectivity index (χ2n) is 5.22. The van der Waals surface area contributed by atoms with Gasteiger partial charge in [0.25, 0.3) is 0 Å². The third-order valence-corrected chi connectivity index (χ3v) is 3.71. The van der Waals surface area contributed by atoms with E-state index in [-0.39, 0.29) is 11.8 Å². The van der Waals surface area contributed by atoms with Crippen molar-refractivity contribution in [2.75, 3.05) is 0 Å². The number of rotatable bonds is 4. The molecular weight excluding hydrogens is 242 g/mol. The Morgan fingerprint density at radius 3 is 2.47 bits per heavy atom. The molecule has 1 fully saturated rings. The van der Waals surface area contributed by atoms with Gasteiger partial charge >= 0.3 is 5.97 Å². The van der Waals surface area contributed by atoms with E-state index in [4.69, 9.17) is 0 Å². The Hall–Kier alpha value is -1.55. The lowest BCUT2D eigenvalue weighted by Gasteiger charge is -2.22. The monoisotopic (exact) mass is 263 g/mol. The molecule has 1 atom stereocenters. The largest absolute Gasteiger partial charge is 0.508 e. The van der Waals surface area contributed by atoms with E-state index in [2.05, 4.69) is 5.32 Å². The van der Waals surface area contributed by atoms with Gasteiger partial charge in [0.15, 0.2) is 0 Å². The third kappa shape index (κ3) is 3.96. The Morgan fingerprint density at radius 1 is 1.21 bits per heavy atom. The van der Waals surface area contributed by atoms with E-state index in [1.165, 1.54) is 18.9 Å². The Bertz CT molecular complexity index is 425. The lowest BCUT2D eigenvalue weighted by molar-refractivity contribution is -0.140. The van der Waals surface area contributed by atoms with Gasteiger partial charge in [0.05, 0.1) is 0 Å². The SMILES string of the molecule is O=C(O)C(NC1CCCCCC1)c1cccc(O)c1. The molecule has 4 heteroatoms. The number of nitrogens with one attached hydrogen (secondary N) is 1. The first-order valence-electron chi connectivity index (χ1n) is 6.94. The van der Waals surface area contributed by atoms with Crippen molar-refractivity contribution in [2.24, 2.45) is 0 Å². The van der Waals surface area contributed by atoms with Crippen LogP contribution in [-0.2, 0) is 4.79 Å². The molecule has 0 aromatic heterocycles. The van der Waals surface area contributed by atoms with Crippen LogP contribution in [-0.4, -0.2) is 22.2 Å². The zero-order valence-corrected chi connectivity index (χ0v) is 11.0. The van der Waals surface area contributed by atoms with Crippen LogP contribution in [0.1, 0.15) is 50.1 Å². The number of aromatic hydroxyl groups is 1. The van der Waals surface area contributed by atoms with E-state index in [1.54, 1.807) is 18.2 Å². The van der Waals surface area contributed by atoms with Crippen LogP contribution in [0.2, 0.25) is 0 Å². The Labute approximate surface area is 113 Å². The van der Waals surface area contributed by atoms with Crippen LogP contribution in [0, 0.1) is 0 Å². The molecule has 0 radical (unpaired) electrons. The number of carbonyl (C=O) groups is 1. The third-order valence-electron chi connectivity index (χ3n) is 3.71. The summed E-state index contributed by atoms with van der Waals surface area (Å²) in [5.74, 6) is -0.790. The van der Waals surface area contributed by atoms with Crippen molar-refractivity contribution in [3.05, 3.63) is 29.8 Å². The van der Waals surface area contributed by atoms with Crippen molar-refractivity contribution in [2.45, 2.75) is 50.6 Å². The molecule has 1 aliphatic carbocycles. The van der Waals surface area contributed by atoms with Crippen LogP contribution in [0.15, 0.2) is 24.3 Å². The van der Waals surface area contributed by atoms with E-state index < -0.39 is 12.0 Å². The molecule has 0 spiro atoms. The number of benzene rings is 1. The minimum atomic E-state index is -0.894. The molecule has 4 nitrogen and oxygen atoms in total. The number of carboxylic acids is 1. The normalized spacial score (nSPS) is 18.7. The second-order valence-corrected chi connectivity index (χ2v) is 5.22. The van der Waals surface area contributed by atoms with E-state index >= 15 is 0 Å². The molecule has 0 aliphatic heterocycles. The summed E-state index contributed by atoms with van der Waals surface area (Å²) >= 11 is 0. The predicted octanol–water partition coefficient (Wildman–Crippen LogP) is 2.83. The number of hydrogen-bond donors (Lipinski definition) is 3. The lowest BCUT2D eigenvalue weighted by Crippen LogP contribution is -2.36. The molecule has 1 unspecified atom stereocenters. The fourth-order valence-corrected chi connectivity index (χ4v) is 2.70. The van der Waals surface area contributed by atoms with Crippen molar-refractivity contribution in [1.82, 2.24) is 5.32 Å². The van der Waals surface area contributed by atoms with Crippen LogP contribution in [0.25, 0.3) is 0 Å². The number of phenols is 1. The van der Waals surface area contributed by atoms with Gasteiger partial charge in [-0.25, -0.2) is 0 Å². The maximum Gasteiger partial charge on any atom is 0.325 e. The highest BCUT2D eigenvalue weighted by Gasteiger charge is 2.24. The van der Waals surface area contributed by atoms with Crippen molar-refractivity contribution in [1.29, 1.82) is 0 Å². The van der Waals surface area contributed by atoms with Crippen molar-refractivity contribution < 1.29 is 15.0 Å². The van der Waals surface area contributed by atoms with Crippen LogP contribution >= 0.6 is 0 Å². The van der Waals surface area contributed by atoms with Gasteiger partial charge in [-0.1, -0.05) is 37.8 Å². The van der Waals surface area contributed by atoms with E-state index in [1.807, 2.05) is 0 Å². The summed E-state index contributed by atoms with van der Waals surface area (Å²) in [4.78, 5) is 11.4. The Morgan fingerprint density at radius 2 is 1.89 bits per heavy atom. The molecule has 0 heterocycles. The quantitative estimate of drug-likeness (QED) is 0.731. The van der Waals surface area contributed by atoms with Crippen LogP contribution in [0.5, 0.6) is 5.75 Å². The fourth-order valence-electron chi connectivity index (χ4n) is 2.70. The molecular formula is C15H21NO3. The molecule has 1 saturated carbocycles. The fraction of sp³-hybridized carbons (Fsp3) is 0.533.